The average molecular weight is 351 g/mol. The molecule has 0 unspecified atom stereocenters. The zero-order valence-electron chi connectivity index (χ0n) is 14.3. The molecule has 126 valence electrons. The SMILES string of the molecule is Cc1ccc(C)c(NC(=O)c2c3c(nc4ccc(Cl)cc24)CCC3)c1. The van der Waals surface area contributed by atoms with Crippen LogP contribution in [0.3, 0.4) is 0 Å². The fraction of sp³-hybridized carbons (Fsp3) is 0.238. The van der Waals surface area contributed by atoms with Crippen molar-refractivity contribution in [2.75, 3.05) is 5.32 Å². The second-order valence-electron chi connectivity index (χ2n) is 6.70. The molecule has 4 heteroatoms. The number of benzene rings is 2. The maximum atomic E-state index is 13.2. The number of pyridine rings is 1. The molecule has 1 amide bonds. The highest BCUT2D eigenvalue weighted by Crippen LogP contribution is 2.32. The van der Waals surface area contributed by atoms with Crippen LogP contribution in [0.2, 0.25) is 5.02 Å². The largest absolute Gasteiger partial charge is 0.322 e. The van der Waals surface area contributed by atoms with Crippen LogP contribution in [0.4, 0.5) is 5.69 Å². The summed E-state index contributed by atoms with van der Waals surface area (Å²) < 4.78 is 0. The lowest BCUT2D eigenvalue weighted by Crippen LogP contribution is -2.16. The minimum Gasteiger partial charge on any atom is -0.322 e. The van der Waals surface area contributed by atoms with Gasteiger partial charge >= 0.3 is 0 Å². The quantitative estimate of drug-likeness (QED) is 0.686. The molecular formula is C21H19ClN2O. The number of anilines is 1. The fourth-order valence-electron chi connectivity index (χ4n) is 3.55. The predicted octanol–water partition coefficient (Wildman–Crippen LogP) is 5.25. The third-order valence-corrected chi connectivity index (χ3v) is 5.08. The summed E-state index contributed by atoms with van der Waals surface area (Å²) in [6, 6.07) is 11.6. The molecule has 0 radical (unpaired) electrons. The molecule has 2 aromatic carbocycles. The predicted molar refractivity (Wildman–Crippen MR) is 103 cm³/mol. The van der Waals surface area contributed by atoms with E-state index in [4.69, 9.17) is 16.6 Å². The van der Waals surface area contributed by atoms with Crippen LogP contribution in [0, 0.1) is 13.8 Å². The third kappa shape index (κ3) is 2.89. The number of nitrogens with one attached hydrogen (secondary N) is 1. The van der Waals surface area contributed by atoms with Crippen molar-refractivity contribution in [3.05, 3.63) is 69.4 Å². The molecular weight excluding hydrogens is 332 g/mol. The van der Waals surface area contributed by atoms with Crippen LogP contribution in [-0.4, -0.2) is 10.9 Å². The highest BCUT2D eigenvalue weighted by molar-refractivity contribution is 6.31. The van der Waals surface area contributed by atoms with Crippen LogP contribution in [0.5, 0.6) is 0 Å². The summed E-state index contributed by atoms with van der Waals surface area (Å²) in [5.41, 5.74) is 6.68. The molecule has 1 aliphatic rings. The van der Waals surface area contributed by atoms with E-state index in [1.807, 2.05) is 50.2 Å². The highest BCUT2D eigenvalue weighted by Gasteiger charge is 2.24. The van der Waals surface area contributed by atoms with Crippen LogP contribution >= 0.6 is 11.6 Å². The second-order valence-corrected chi connectivity index (χ2v) is 7.14. The fourth-order valence-corrected chi connectivity index (χ4v) is 3.72. The van der Waals surface area contributed by atoms with Gasteiger partial charge in [0.2, 0.25) is 0 Å². The molecule has 0 spiro atoms. The van der Waals surface area contributed by atoms with Gasteiger partial charge in [-0.1, -0.05) is 23.7 Å². The zero-order valence-corrected chi connectivity index (χ0v) is 15.1. The molecule has 0 fully saturated rings. The lowest BCUT2D eigenvalue weighted by Gasteiger charge is -2.14. The molecule has 25 heavy (non-hydrogen) atoms. The van der Waals surface area contributed by atoms with Crippen molar-refractivity contribution < 1.29 is 4.79 Å². The first-order valence-corrected chi connectivity index (χ1v) is 8.90. The number of halogens is 1. The first-order chi connectivity index (χ1) is 12.0. The van der Waals surface area contributed by atoms with Crippen molar-refractivity contribution in [3.8, 4) is 0 Å². The van der Waals surface area contributed by atoms with E-state index in [9.17, 15) is 4.79 Å². The van der Waals surface area contributed by atoms with Crippen LogP contribution in [0.15, 0.2) is 36.4 Å². The Morgan fingerprint density at radius 2 is 1.96 bits per heavy atom. The number of hydrogen-bond acceptors (Lipinski definition) is 2. The first-order valence-electron chi connectivity index (χ1n) is 8.52. The molecule has 1 aliphatic carbocycles. The molecule has 0 saturated carbocycles. The van der Waals surface area contributed by atoms with Crippen LogP contribution < -0.4 is 5.32 Å². The van der Waals surface area contributed by atoms with Gasteiger partial charge in [0.1, 0.15) is 0 Å². The Morgan fingerprint density at radius 1 is 1.12 bits per heavy atom. The van der Waals surface area contributed by atoms with Crippen molar-refractivity contribution in [1.82, 2.24) is 4.98 Å². The summed E-state index contributed by atoms with van der Waals surface area (Å²) in [6.45, 7) is 4.02. The molecule has 3 aromatic rings. The summed E-state index contributed by atoms with van der Waals surface area (Å²) in [7, 11) is 0. The van der Waals surface area contributed by atoms with Crippen LogP contribution in [-0.2, 0) is 12.8 Å². The Balaban J connectivity index is 1.86. The smallest absolute Gasteiger partial charge is 0.256 e. The number of hydrogen-bond donors (Lipinski definition) is 1. The van der Waals surface area contributed by atoms with E-state index in [1.54, 1.807) is 0 Å². The molecule has 4 rings (SSSR count). The van der Waals surface area contributed by atoms with Crippen molar-refractivity contribution in [2.24, 2.45) is 0 Å². The number of aryl methyl sites for hydroxylation is 3. The molecule has 1 N–H and O–H groups in total. The van der Waals surface area contributed by atoms with Gasteiger partial charge in [-0.15, -0.1) is 0 Å². The molecule has 3 nitrogen and oxygen atoms in total. The van der Waals surface area contributed by atoms with E-state index in [0.717, 1.165) is 63.8 Å². The number of carbonyl (C=O) groups excluding carboxylic acids is 1. The van der Waals surface area contributed by atoms with Gasteiger partial charge in [-0.2, -0.15) is 0 Å². The second kappa shape index (κ2) is 6.16. The van der Waals surface area contributed by atoms with Crippen LogP contribution in [0.25, 0.3) is 10.9 Å². The van der Waals surface area contributed by atoms with E-state index in [0.29, 0.717) is 5.02 Å². The number of carbonyl (C=O) groups is 1. The zero-order chi connectivity index (χ0) is 17.6. The van der Waals surface area contributed by atoms with Crippen molar-refractivity contribution in [3.63, 3.8) is 0 Å². The molecule has 1 aromatic heterocycles. The number of fused-ring (bicyclic) bond motifs is 2. The summed E-state index contributed by atoms with van der Waals surface area (Å²) in [5.74, 6) is -0.0819. The third-order valence-electron chi connectivity index (χ3n) is 4.84. The van der Waals surface area contributed by atoms with Gasteiger partial charge in [0, 0.05) is 21.8 Å². The maximum Gasteiger partial charge on any atom is 0.256 e. The molecule has 0 saturated heterocycles. The standard InChI is InChI=1S/C21H19ClN2O/c1-12-6-7-13(2)19(10-12)24-21(25)20-15-4-3-5-17(15)23-18-9-8-14(22)11-16(18)20/h6-11H,3-5H2,1-2H3,(H,24,25). The van der Waals surface area contributed by atoms with Gasteiger partial charge < -0.3 is 5.32 Å². The molecule has 0 bridgehead atoms. The Morgan fingerprint density at radius 3 is 2.80 bits per heavy atom. The lowest BCUT2D eigenvalue weighted by atomic mass is 10.00. The van der Waals surface area contributed by atoms with Gasteiger partial charge in [0.05, 0.1) is 11.1 Å². The highest BCUT2D eigenvalue weighted by atomic mass is 35.5. The average Bonchev–Trinajstić information content (AvgIpc) is 3.03. The van der Waals surface area contributed by atoms with Gasteiger partial charge in [-0.25, -0.2) is 0 Å². The van der Waals surface area contributed by atoms with Crippen molar-refractivity contribution >= 4 is 34.1 Å². The van der Waals surface area contributed by atoms with Crippen LogP contribution in [0.1, 0.15) is 39.2 Å². The summed E-state index contributed by atoms with van der Waals surface area (Å²) in [4.78, 5) is 17.9. The maximum absolute atomic E-state index is 13.2. The van der Waals surface area contributed by atoms with E-state index < -0.39 is 0 Å². The number of amides is 1. The summed E-state index contributed by atoms with van der Waals surface area (Å²) in [5, 5.41) is 4.55. The van der Waals surface area contributed by atoms with Crippen molar-refractivity contribution in [1.29, 1.82) is 0 Å². The van der Waals surface area contributed by atoms with Gasteiger partial charge in [-0.05, 0) is 74.1 Å². The Kier molecular flexibility index (Phi) is 3.97. The topological polar surface area (TPSA) is 42.0 Å². The minimum atomic E-state index is -0.0819. The summed E-state index contributed by atoms with van der Waals surface area (Å²) >= 11 is 6.19. The van der Waals surface area contributed by atoms with E-state index >= 15 is 0 Å². The van der Waals surface area contributed by atoms with E-state index in [1.165, 1.54) is 0 Å². The lowest BCUT2D eigenvalue weighted by molar-refractivity contribution is 0.102. The van der Waals surface area contributed by atoms with E-state index in [-0.39, 0.29) is 5.91 Å². The number of rotatable bonds is 2. The van der Waals surface area contributed by atoms with Crippen molar-refractivity contribution in [2.45, 2.75) is 33.1 Å². The Bertz CT molecular complexity index is 1010. The molecule has 0 atom stereocenters. The summed E-state index contributed by atoms with van der Waals surface area (Å²) in [6.07, 6.45) is 2.86. The van der Waals surface area contributed by atoms with Gasteiger partial charge in [0.15, 0.2) is 0 Å². The normalized spacial score (nSPS) is 13.1. The minimum absolute atomic E-state index is 0.0819. The molecule has 0 aliphatic heterocycles. The Labute approximate surface area is 152 Å². The van der Waals surface area contributed by atoms with Gasteiger partial charge in [-0.3, -0.25) is 9.78 Å². The first kappa shape index (κ1) is 16.1. The Hall–Kier alpha value is -2.39. The number of aromatic nitrogens is 1. The molecule has 1 heterocycles. The van der Waals surface area contributed by atoms with Gasteiger partial charge in [0.25, 0.3) is 5.91 Å². The number of nitrogens with zero attached hydrogens (tertiary/aromatic N) is 1. The van der Waals surface area contributed by atoms with E-state index in [2.05, 4.69) is 5.32 Å². The monoisotopic (exact) mass is 350 g/mol.